The van der Waals surface area contributed by atoms with Gasteiger partial charge >= 0.3 is 0 Å². The van der Waals surface area contributed by atoms with Crippen molar-refractivity contribution in [2.24, 2.45) is 5.92 Å². The minimum Gasteiger partial charge on any atom is -0.384 e. The highest BCUT2D eigenvalue weighted by molar-refractivity contribution is 5.55. The maximum atomic E-state index is 10.6. The van der Waals surface area contributed by atoms with E-state index in [2.05, 4.69) is 9.88 Å². The summed E-state index contributed by atoms with van der Waals surface area (Å²) in [6.07, 6.45) is 4.73. The number of hydrogen-bond donors (Lipinski definition) is 1. The molecule has 1 aromatic rings. The maximum absolute atomic E-state index is 10.6. The van der Waals surface area contributed by atoms with Crippen LogP contribution in [0.4, 0.5) is 11.5 Å². The summed E-state index contributed by atoms with van der Waals surface area (Å²) in [5, 5.41) is 0. The molecule has 80 valence electrons. The Morgan fingerprint density at radius 2 is 2.13 bits per heavy atom. The van der Waals surface area contributed by atoms with E-state index >= 15 is 0 Å². The van der Waals surface area contributed by atoms with E-state index in [1.807, 2.05) is 6.07 Å². The number of carbonyl (C=O) groups is 1. The lowest BCUT2D eigenvalue weighted by molar-refractivity contribution is -0.111. The van der Waals surface area contributed by atoms with Crippen molar-refractivity contribution in [3.63, 3.8) is 0 Å². The molecule has 0 bridgehead atoms. The maximum Gasteiger partial charge on any atom is 0.123 e. The van der Waals surface area contributed by atoms with Gasteiger partial charge in [-0.25, -0.2) is 4.98 Å². The van der Waals surface area contributed by atoms with Crippen molar-refractivity contribution >= 4 is 17.8 Å². The molecule has 0 unspecified atom stereocenters. The first-order valence-electron chi connectivity index (χ1n) is 5.21. The average Bonchev–Trinajstić information content (AvgIpc) is 2.30. The second kappa shape index (κ2) is 4.29. The fraction of sp³-hybridized carbons (Fsp3) is 0.455. The van der Waals surface area contributed by atoms with Gasteiger partial charge in [-0.1, -0.05) is 0 Å². The van der Waals surface area contributed by atoms with Crippen LogP contribution in [0.1, 0.15) is 12.8 Å². The first kappa shape index (κ1) is 9.96. The number of hydrogen-bond acceptors (Lipinski definition) is 4. The Labute approximate surface area is 89.1 Å². The number of nitrogens with two attached hydrogens (primary N) is 1. The van der Waals surface area contributed by atoms with E-state index in [1.54, 1.807) is 12.3 Å². The Hall–Kier alpha value is -1.58. The predicted molar refractivity (Wildman–Crippen MR) is 59.7 cm³/mol. The second-order valence-electron chi connectivity index (χ2n) is 3.90. The Bertz CT molecular complexity index is 328. The van der Waals surface area contributed by atoms with E-state index in [0.29, 0.717) is 5.82 Å². The molecular formula is C11H15N3O. The highest BCUT2D eigenvalue weighted by Gasteiger charge is 2.18. The minimum atomic E-state index is 0.239. The van der Waals surface area contributed by atoms with Crippen molar-refractivity contribution in [1.82, 2.24) is 4.98 Å². The van der Waals surface area contributed by atoms with Crippen molar-refractivity contribution in [3.05, 3.63) is 18.3 Å². The number of aldehydes is 1. The Kier molecular flexibility index (Phi) is 2.85. The quantitative estimate of drug-likeness (QED) is 0.734. The molecule has 0 amide bonds. The van der Waals surface area contributed by atoms with Crippen LogP contribution >= 0.6 is 0 Å². The SMILES string of the molecule is Nc1ccc(N2CCC(C=O)CC2)cn1. The normalized spacial score (nSPS) is 17.7. The fourth-order valence-electron chi connectivity index (χ4n) is 1.88. The highest BCUT2D eigenvalue weighted by Crippen LogP contribution is 2.21. The summed E-state index contributed by atoms with van der Waals surface area (Å²) in [7, 11) is 0. The Morgan fingerprint density at radius 3 is 2.67 bits per heavy atom. The number of nitrogens with zero attached hydrogens (tertiary/aromatic N) is 2. The molecule has 15 heavy (non-hydrogen) atoms. The average molecular weight is 205 g/mol. The van der Waals surface area contributed by atoms with Gasteiger partial charge in [-0.2, -0.15) is 0 Å². The molecule has 2 N–H and O–H groups in total. The van der Waals surface area contributed by atoms with Gasteiger partial charge in [-0.05, 0) is 25.0 Å². The standard InChI is InChI=1S/C11H15N3O/c12-11-2-1-10(7-13-11)14-5-3-9(8-15)4-6-14/h1-2,7-9H,3-6H2,(H2,12,13). The molecule has 4 heteroatoms. The lowest BCUT2D eigenvalue weighted by Gasteiger charge is -2.31. The molecule has 0 aromatic carbocycles. The largest absolute Gasteiger partial charge is 0.384 e. The van der Waals surface area contributed by atoms with Gasteiger partial charge in [-0.3, -0.25) is 0 Å². The molecule has 2 heterocycles. The monoisotopic (exact) mass is 205 g/mol. The van der Waals surface area contributed by atoms with Gasteiger partial charge in [0.1, 0.15) is 12.1 Å². The number of anilines is 2. The zero-order valence-electron chi connectivity index (χ0n) is 8.60. The van der Waals surface area contributed by atoms with Gasteiger partial charge in [0.2, 0.25) is 0 Å². The molecule has 1 fully saturated rings. The molecule has 2 rings (SSSR count). The number of aromatic nitrogens is 1. The zero-order valence-corrected chi connectivity index (χ0v) is 8.60. The van der Waals surface area contributed by atoms with E-state index in [1.165, 1.54) is 0 Å². The van der Waals surface area contributed by atoms with Gasteiger partial charge in [0.05, 0.1) is 11.9 Å². The molecular weight excluding hydrogens is 190 g/mol. The number of pyridine rings is 1. The van der Waals surface area contributed by atoms with Crippen molar-refractivity contribution in [2.75, 3.05) is 23.7 Å². The first-order valence-corrected chi connectivity index (χ1v) is 5.21. The van der Waals surface area contributed by atoms with E-state index in [-0.39, 0.29) is 5.92 Å². The van der Waals surface area contributed by atoms with Crippen molar-refractivity contribution in [3.8, 4) is 0 Å². The van der Waals surface area contributed by atoms with E-state index in [4.69, 9.17) is 5.73 Å². The smallest absolute Gasteiger partial charge is 0.123 e. The Morgan fingerprint density at radius 1 is 1.40 bits per heavy atom. The first-order chi connectivity index (χ1) is 7.29. The number of rotatable bonds is 2. The molecule has 0 spiro atoms. The zero-order chi connectivity index (χ0) is 10.7. The van der Waals surface area contributed by atoms with Crippen molar-refractivity contribution in [2.45, 2.75) is 12.8 Å². The van der Waals surface area contributed by atoms with Gasteiger partial charge in [-0.15, -0.1) is 0 Å². The topological polar surface area (TPSA) is 59.2 Å². The van der Waals surface area contributed by atoms with Crippen LogP contribution < -0.4 is 10.6 Å². The van der Waals surface area contributed by atoms with Crippen LogP contribution in [0.15, 0.2) is 18.3 Å². The van der Waals surface area contributed by atoms with E-state index in [9.17, 15) is 4.79 Å². The third-order valence-electron chi connectivity index (χ3n) is 2.87. The van der Waals surface area contributed by atoms with Crippen molar-refractivity contribution < 1.29 is 4.79 Å². The number of piperidine rings is 1. The van der Waals surface area contributed by atoms with Crippen LogP contribution in [0.5, 0.6) is 0 Å². The summed E-state index contributed by atoms with van der Waals surface area (Å²) < 4.78 is 0. The van der Waals surface area contributed by atoms with Gasteiger partial charge in [0, 0.05) is 19.0 Å². The summed E-state index contributed by atoms with van der Waals surface area (Å²) in [6.45, 7) is 1.85. The molecule has 0 saturated carbocycles. The number of carbonyl (C=O) groups excluding carboxylic acids is 1. The predicted octanol–water partition coefficient (Wildman–Crippen LogP) is 1.08. The molecule has 0 aliphatic carbocycles. The van der Waals surface area contributed by atoms with Crippen LogP contribution in [-0.4, -0.2) is 24.4 Å². The molecule has 1 aliphatic rings. The summed E-state index contributed by atoms with van der Waals surface area (Å²) in [5.41, 5.74) is 6.62. The lowest BCUT2D eigenvalue weighted by Crippen LogP contribution is -2.34. The van der Waals surface area contributed by atoms with Gasteiger partial charge in [0.25, 0.3) is 0 Å². The summed E-state index contributed by atoms with van der Waals surface area (Å²) >= 11 is 0. The third kappa shape index (κ3) is 2.26. The molecule has 1 aromatic heterocycles. The molecule has 1 saturated heterocycles. The van der Waals surface area contributed by atoms with E-state index in [0.717, 1.165) is 37.9 Å². The van der Waals surface area contributed by atoms with Gasteiger partial charge < -0.3 is 15.4 Å². The van der Waals surface area contributed by atoms with Crippen LogP contribution in [0.3, 0.4) is 0 Å². The minimum absolute atomic E-state index is 0.239. The van der Waals surface area contributed by atoms with Gasteiger partial charge in [0.15, 0.2) is 0 Å². The van der Waals surface area contributed by atoms with E-state index < -0.39 is 0 Å². The Balaban J connectivity index is 2.01. The summed E-state index contributed by atoms with van der Waals surface area (Å²) in [5.74, 6) is 0.782. The van der Waals surface area contributed by atoms with Crippen LogP contribution in [0, 0.1) is 5.92 Å². The lowest BCUT2D eigenvalue weighted by atomic mass is 9.98. The fourth-order valence-corrected chi connectivity index (χ4v) is 1.88. The highest BCUT2D eigenvalue weighted by atomic mass is 16.1. The second-order valence-corrected chi connectivity index (χ2v) is 3.90. The van der Waals surface area contributed by atoms with Crippen molar-refractivity contribution in [1.29, 1.82) is 0 Å². The molecule has 4 nitrogen and oxygen atoms in total. The summed E-state index contributed by atoms with van der Waals surface area (Å²) in [4.78, 5) is 16.9. The third-order valence-corrected chi connectivity index (χ3v) is 2.87. The van der Waals surface area contributed by atoms with Crippen LogP contribution in [-0.2, 0) is 4.79 Å². The molecule has 0 atom stereocenters. The number of nitrogen functional groups attached to an aromatic ring is 1. The molecule has 0 radical (unpaired) electrons. The van der Waals surface area contributed by atoms with Crippen LogP contribution in [0.25, 0.3) is 0 Å². The summed E-state index contributed by atoms with van der Waals surface area (Å²) in [6, 6.07) is 3.78. The van der Waals surface area contributed by atoms with Crippen LogP contribution in [0.2, 0.25) is 0 Å². The molecule has 1 aliphatic heterocycles.